The predicted molar refractivity (Wildman–Crippen MR) is 76.3 cm³/mol. The van der Waals surface area contributed by atoms with Crippen LogP contribution in [0.1, 0.15) is 37.3 Å². The van der Waals surface area contributed by atoms with E-state index >= 15 is 0 Å². The lowest BCUT2D eigenvalue weighted by Gasteiger charge is -2.18. The topological polar surface area (TPSA) is 20.7 Å². The number of aromatic nitrogens is 2. The number of benzene rings is 1. The van der Waals surface area contributed by atoms with Crippen molar-refractivity contribution in [3.05, 3.63) is 28.5 Å². The second-order valence-electron chi connectivity index (χ2n) is 5.99. The smallest absolute Gasteiger partial charge is 0.178 e. The molecular formula is C15H18N2S. The Bertz CT molecular complexity index is 647. The molecule has 0 bridgehead atoms. The summed E-state index contributed by atoms with van der Waals surface area (Å²) in [5.74, 6) is 1.76. The van der Waals surface area contributed by atoms with E-state index < -0.39 is 0 Å². The molecule has 0 unspecified atom stereocenters. The fraction of sp³-hybridized carbons (Fsp3) is 0.533. The summed E-state index contributed by atoms with van der Waals surface area (Å²) in [5.41, 5.74) is 3.79. The second kappa shape index (κ2) is 3.70. The number of nitrogens with one attached hydrogen (secondary N) is 1. The first kappa shape index (κ1) is 10.8. The zero-order chi connectivity index (χ0) is 12.3. The minimum absolute atomic E-state index is 0.661. The predicted octanol–water partition coefficient (Wildman–Crippen LogP) is 4.37. The number of aryl methyl sites for hydroxylation is 1. The molecule has 3 heteroatoms. The van der Waals surface area contributed by atoms with Crippen molar-refractivity contribution in [3.8, 4) is 0 Å². The Hall–Kier alpha value is -1.09. The van der Waals surface area contributed by atoms with Gasteiger partial charge in [-0.25, -0.2) is 0 Å². The molecule has 1 heterocycles. The first-order valence-corrected chi connectivity index (χ1v) is 7.36. The molecule has 2 aliphatic rings. The SMILES string of the molecule is Cc1ccc2c(c1)[nH]c(=S)n2C(C1CC1)C1CC1. The molecule has 0 saturated heterocycles. The van der Waals surface area contributed by atoms with E-state index in [1.54, 1.807) is 0 Å². The van der Waals surface area contributed by atoms with E-state index in [2.05, 4.69) is 34.7 Å². The average molecular weight is 258 g/mol. The van der Waals surface area contributed by atoms with Crippen LogP contribution in [0, 0.1) is 23.5 Å². The zero-order valence-electron chi connectivity index (χ0n) is 10.6. The van der Waals surface area contributed by atoms with Crippen LogP contribution >= 0.6 is 12.2 Å². The van der Waals surface area contributed by atoms with Gasteiger partial charge in [-0.15, -0.1) is 0 Å². The van der Waals surface area contributed by atoms with Crippen molar-refractivity contribution in [2.75, 3.05) is 0 Å². The first-order valence-electron chi connectivity index (χ1n) is 6.95. The largest absolute Gasteiger partial charge is 0.331 e. The maximum Gasteiger partial charge on any atom is 0.178 e. The maximum atomic E-state index is 5.57. The lowest BCUT2D eigenvalue weighted by atomic mass is 10.1. The molecule has 2 nitrogen and oxygen atoms in total. The molecule has 2 fully saturated rings. The van der Waals surface area contributed by atoms with Crippen LogP contribution in [-0.2, 0) is 0 Å². The Morgan fingerprint density at radius 3 is 2.50 bits per heavy atom. The summed E-state index contributed by atoms with van der Waals surface area (Å²) in [7, 11) is 0. The molecule has 2 aliphatic carbocycles. The number of aromatic amines is 1. The Morgan fingerprint density at radius 1 is 1.22 bits per heavy atom. The van der Waals surface area contributed by atoms with Gasteiger partial charge >= 0.3 is 0 Å². The highest BCUT2D eigenvalue weighted by atomic mass is 32.1. The molecule has 94 valence electrons. The van der Waals surface area contributed by atoms with Crippen molar-refractivity contribution in [1.29, 1.82) is 0 Å². The van der Waals surface area contributed by atoms with Gasteiger partial charge in [0.2, 0.25) is 0 Å². The Balaban J connectivity index is 1.92. The van der Waals surface area contributed by atoms with Gasteiger partial charge in [0.05, 0.1) is 11.0 Å². The molecule has 1 aromatic heterocycles. The van der Waals surface area contributed by atoms with Gasteiger partial charge in [-0.3, -0.25) is 0 Å². The lowest BCUT2D eigenvalue weighted by Crippen LogP contribution is -2.13. The summed E-state index contributed by atoms with van der Waals surface area (Å²) >= 11 is 5.57. The summed E-state index contributed by atoms with van der Waals surface area (Å²) < 4.78 is 3.33. The number of imidazole rings is 1. The van der Waals surface area contributed by atoms with Crippen LogP contribution in [0.25, 0.3) is 11.0 Å². The van der Waals surface area contributed by atoms with E-state index in [0.717, 1.165) is 16.6 Å². The van der Waals surface area contributed by atoms with Crippen molar-refractivity contribution < 1.29 is 0 Å². The Labute approximate surface area is 112 Å². The summed E-state index contributed by atoms with van der Waals surface area (Å²) in [4.78, 5) is 3.39. The van der Waals surface area contributed by atoms with E-state index in [0.29, 0.717) is 6.04 Å². The highest BCUT2D eigenvalue weighted by molar-refractivity contribution is 7.71. The van der Waals surface area contributed by atoms with Gasteiger partial charge in [-0.05, 0) is 74.4 Å². The van der Waals surface area contributed by atoms with Crippen LogP contribution in [0.4, 0.5) is 0 Å². The molecule has 0 atom stereocenters. The van der Waals surface area contributed by atoms with Crippen molar-refractivity contribution in [1.82, 2.24) is 9.55 Å². The molecule has 1 aromatic carbocycles. The number of hydrogen-bond donors (Lipinski definition) is 1. The van der Waals surface area contributed by atoms with Crippen LogP contribution in [0.2, 0.25) is 0 Å². The molecule has 0 radical (unpaired) electrons. The van der Waals surface area contributed by atoms with Gasteiger partial charge in [-0.1, -0.05) is 6.07 Å². The molecule has 2 aromatic rings. The van der Waals surface area contributed by atoms with Gasteiger partial charge in [0.1, 0.15) is 0 Å². The summed E-state index contributed by atoms with van der Waals surface area (Å²) in [6, 6.07) is 7.29. The summed E-state index contributed by atoms with van der Waals surface area (Å²) in [6.45, 7) is 2.13. The summed E-state index contributed by atoms with van der Waals surface area (Å²) in [5, 5.41) is 0. The van der Waals surface area contributed by atoms with Crippen molar-refractivity contribution >= 4 is 23.3 Å². The maximum absolute atomic E-state index is 5.57. The van der Waals surface area contributed by atoms with E-state index in [4.69, 9.17) is 12.2 Å². The fourth-order valence-corrected chi connectivity index (χ4v) is 3.55. The van der Waals surface area contributed by atoms with Crippen LogP contribution in [0.5, 0.6) is 0 Å². The quantitative estimate of drug-likeness (QED) is 0.811. The number of rotatable bonds is 3. The van der Waals surface area contributed by atoms with E-state index in [1.165, 1.54) is 42.3 Å². The molecule has 0 aliphatic heterocycles. The van der Waals surface area contributed by atoms with Gasteiger partial charge in [0, 0.05) is 6.04 Å². The van der Waals surface area contributed by atoms with E-state index in [9.17, 15) is 0 Å². The zero-order valence-corrected chi connectivity index (χ0v) is 11.5. The number of fused-ring (bicyclic) bond motifs is 1. The molecule has 1 N–H and O–H groups in total. The Kier molecular flexibility index (Phi) is 2.22. The van der Waals surface area contributed by atoms with Gasteiger partial charge in [0.25, 0.3) is 0 Å². The lowest BCUT2D eigenvalue weighted by molar-refractivity contribution is 0.400. The van der Waals surface area contributed by atoms with Gasteiger partial charge in [0.15, 0.2) is 4.77 Å². The minimum atomic E-state index is 0.661. The van der Waals surface area contributed by atoms with Crippen LogP contribution < -0.4 is 0 Å². The van der Waals surface area contributed by atoms with E-state index in [-0.39, 0.29) is 0 Å². The third kappa shape index (κ3) is 1.64. The minimum Gasteiger partial charge on any atom is -0.331 e. The fourth-order valence-electron chi connectivity index (χ4n) is 3.22. The molecule has 0 amide bonds. The standard InChI is InChI=1S/C15H18N2S/c1-9-2-7-13-12(8-9)16-15(18)17(13)14(10-3-4-10)11-5-6-11/h2,7-8,10-11,14H,3-6H2,1H3,(H,16,18). The number of hydrogen-bond acceptors (Lipinski definition) is 1. The molecule has 2 saturated carbocycles. The highest BCUT2D eigenvalue weighted by Crippen LogP contribution is 2.52. The van der Waals surface area contributed by atoms with Crippen molar-refractivity contribution in [2.24, 2.45) is 11.8 Å². The van der Waals surface area contributed by atoms with Gasteiger partial charge < -0.3 is 9.55 Å². The monoisotopic (exact) mass is 258 g/mol. The summed E-state index contributed by atoms with van der Waals surface area (Å²) in [6.07, 6.45) is 5.56. The molecular weight excluding hydrogens is 240 g/mol. The first-order chi connectivity index (χ1) is 8.74. The van der Waals surface area contributed by atoms with Crippen LogP contribution in [0.15, 0.2) is 18.2 Å². The van der Waals surface area contributed by atoms with Crippen molar-refractivity contribution in [2.45, 2.75) is 38.6 Å². The third-order valence-corrected chi connectivity index (χ3v) is 4.68. The Morgan fingerprint density at radius 2 is 1.89 bits per heavy atom. The second-order valence-corrected chi connectivity index (χ2v) is 6.37. The van der Waals surface area contributed by atoms with Crippen LogP contribution in [0.3, 0.4) is 0 Å². The molecule has 4 rings (SSSR count). The molecule has 18 heavy (non-hydrogen) atoms. The normalized spacial score (nSPS) is 19.9. The van der Waals surface area contributed by atoms with E-state index in [1.807, 2.05) is 0 Å². The molecule has 0 spiro atoms. The van der Waals surface area contributed by atoms with Crippen molar-refractivity contribution in [3.63, 3.8) is 0 Å². The number of nitrogens with zero attached hydrogens (tertiary/aromatic N) is 1. The average Bonchev–Trinajstić information content (AvgIpc) is 3.21. The highest BCUT2D eigenvalue weighted by Gasteiger charge is 2.43. The third-order valence-electron chi connectivity index (χ3n) is 4.38. The van der Waals surface area contributed by atoms with Gasteiger partial charge in [-0.2, -0.15) is 0 Å². The van der Waals surface area contributed by atoms with Crippen LogP contribution in [-0.4, -0.2) is 9.55 Å². The number of H-pyrrole nitrogens is 1.